The number of ether oxygens (including phenoxy) is 2. The van der Waals surface area contributed by atoms with Crippen molar-refractivity contribution in [1.82, 2.24) is 10.3 Å². The quantitative estimate of drug-likeness (QED) is 0.810. The molecule has 1 aliphatic rings. The molecule has 0 unspecified atom stereocenters. The molecule has 0 spiro atoms. The lowest BCUT2D eigenvalue weighted by molar-refractivity contribution is 0.0946. The monoisotopic (exact) mass is 326 g/mol. The average Bonchev–Trinajstić information content (AvgIpc) is 3.44. The molecule has 24 heavy (non-hydrogen) atoms. The van der Waals surface area contributed by atoms with Crippen LogP contribution < -0.4 is 10.1 Å². The largest absolute Gasteiger partial charge is 0.477 e. The molecule has 1 aliphatic carbocycles. The predicted molar refractivity (Wildman–Crippen MR) is 90.8 cm³/mol. The fourth-order valence-electron chi connectivity index (χ4n) is 2.39. The smallest absolute Gasteiger partial charge is 0.251 e. The minimum atomic E-state index is -0.114. The molecule has 1 heterocycles. The summed E-state index contributed by atoms with van der Waals surface area (Å²) < 4.78 is 10.7. The summed E-state index contributed by atoms with van der Waals surface area (Å²) in [4.78, 5) is 16.6. The molecule has 0 atom stereocenters. The van der Waals surface area contributed by atoms with Crippen molar-refractivity contribution in [1.29, 1.82) is 0 Å². The van der Waals surface area contributed by atoms with Gasteiger partial charge in [0.25, 0.3) is 5.91 Å². The normalized spacial score (nSPS) is 13.5. The maximum absolute atomic E-state index is 12.4. The third-order valence-electron chi connectivity index (χ3n) is 3.98. The van der Waals surface area contributed by atoms with Crippen LogP contribution in [0.4, 0.5) is 0 Å². The van der Waals surface area contributed by atoms with Gasteiger partial charge in [-0.1, -0.05) is 24.3 Å². The van der Waals surface area contributed by atoms with Crippen LogP contribution in [0.5, 0.6) is 5.88 Å². The van der Waals surface area contributed by atoms with E-state index >= 15 is 0 Å². The molecule has 5 heteroatoms. The van der Waals surface area contributed by atoms with Crippen LogP contribution >= 0.6 is 0 Å². The number of pyridine rings is 1. The van der Waals surface area contributed by atoms with E-state index in [9.17, 15) is 4.79 Å². The predicted octanol–water partition coefficient (Wildman–Crippen LogP) is 2.95. The van der Waals surface area contributed by atoms with Gasteiger partial charge in [0.1, 0.15) is 0 Å². The average molecular weight is 326 g/mol. The Labute approximate surface area is 142 Å². The van der Waals surface area contributed by atoms with Crippen LogP contribution in [0.2, 0.25) is 0 Å². The van der Waals surface area contributed by atoms with Gasteiger partial charge in [-0.05, 0) is 36.0 Å². The van der Waals surface area contributed by atoms with E-state index in [-0.39, 0.29) is 5.91 Å². The summed E-state index contributed by atoms with van der Waals surface area (Å²) in [6.45, 7) is 1.59. The molecule has 0 aliphatic heterocycles. The fourth-order valence-corrected chi connectivity index (χ4v) is 2.39. The number of hydrogen-bond donors (Lipinski definition) is 1. The highest BCUT2D eigenvalue weighted by molar-refractivity contribution is 5.95. The second-order valence-corrected chi connectivity index (χ2v) is 6.03. The van der Waals surface area contributed by atoms with Crippen molar-refractivity contribution in [3.8, 4) is 5.88 Å². The van der Waals surface area contributed by atoms with E-state index in [1.165, 1.54) is 12.8 Å². The van der Waals surface area contributed by atoms with E-state index in [4.69, 9.17) is 9.47 Å². The molecule has 126 valence electrons. The van der Waals surface area contributed by atoms with Crippen LogP contribution in [0.15, 0.2) is 42.6 Å². The first kappa shape index (κ1) is 16.5. The van der Waals surface area contributed by atoms with E-state index in [0.29, 0.717) is 30.5 Å². The SMILES string of the molecule is COCc1ccccc1C(=O)NCc1ccc(OCC2CC2)nc1. The van der Waals surface area contributed by atoms with Crippen LogP contribution in [0, 0.1) is 5.92 Å². The Morgan fingerprint density at radius 3 is 2.79 bits per heavy atom. The first-order valence-electron chi connectivity index (χ1n) is 8.19. The summed E-state index contributed by atoms with van der Waals surface area (Å²) in [7, 11) is 1.62. The number of amides is 1. The lowest BCUT2D eigenvalue weighted by Crippen LogP contribution is -2.24. The Hall–Kier alpha value is -2.40. The molecule has 1 saturated carbocycles. The highest BCUT2D eigenvalue weighted by atomic mass is 16.5. The highest BCUT2D eigenvalue weighted by Gasteiger charge is 2.22. The van der Waals surface area contributed by atoms with E-state index in [2.05, 4.69) is 10.3 Å². The van der Waals surface area contributed by atoms with Gasteiger partial charge in [0, 0.05) is 31.5 Å². The van der Waals surface area contributed by atoms with Crippen LogP contribution in [0.3, 0.4) is 0 Å². The zero-order valence-corrected chi connectivity index (χ0v) is 13.8. The summed E-state index contributed by atoms with van der Waals surface area (Å²) in [6.07, 6.45) is 4.26. The van der Waals surface area contributed by atoms with E-state index in [1.807, 2.05) is 30.3 Å². The molecule has 0 saturated heterocycles. The summed E-state index contributed by atoms with van der Waals surface area (Å²) in [5, 5.41) is 2.92. The second kappa shape index (κ2) is 7.93. The maximum Gasteiger partial charge on any atom is 0.251 e. The Balaban J connectivity index is 1.53. The number of benzene rings is 1. The van der Waals surface area contributed by atoms with Crippen molar-refractivity contribution in [2.45, 2.75) is 26.0 Å². The van der Waals surface area contributed by atoms with Crippen LogP contribution in [-0.2, 0) is 17.9 Å². The molecule has 2 aromatic rings. The number of aromatic nitrogens is 1. The lowest BCUT2D eigenvalue weighted by Gasteiger charge is -2.10. The number of nitrogens with one attached hydrogen (secondary N) is 1. The second-order valence-electron chi connectivity index (χ2n) is 6.03. The van der Waals surface area contributed by atoms with E-state index < -0.39 is 0 Å². The van der Waals surface area contributed by atoms with Crippen LogP contribution in [0.25, 0.3) is 0 Å². The number of carbonyl (C=O) groups excluding carboxylic acids is 1. The van der Waals surface area contributed by atoms with E-state index in [0.717, 1.165) is 17.7 Å². The first-order chi connectivity index (χ1) is 11.8. The summed E-state index contributed by atoms with van der Waals surface area (Å²) in [6, 6.07) is 11.2. The van der Waals surface area contributed by atoms with Gasteiger partial charge in [0.2, 0.25) is 5.88 Å². The molecular formula is C19H22N2O3. The molecular weight excluding hydrogens is 304 g/mol. The highest BCUT2D eigenvalue weighted by Crippen LogP contribution is 2.29. The number of hydrogen-bond acceptors (Lipinski definition) is 4. The number of methoxy groups -OCH3 is 1. The number of carbonyl (C=O) groups is 1. The number of nitrogens with zero attached hydrogens (tertiary/aromatic N) is 1. The molecule has 1 fully saturated rings. The van der Waals surface area contributed by atoms with Gasteiger partial charge < -0.3 is 14.8 Å². The molecule has 0 bridgehead atoms. The standard InChI is InChI=1S/C19H22N2O3/c1-23-13-16-4-2-3-5-17(16)19(22)21-11-15-8-9-18(20-10-15)24-12-14-6-7-14/h2-5,8-10,14H,6-7,11-13H2,1H3,(H,21,22). The third kappa shape index (κ3) is 4.55. The summed E-state index contributed by atoms with van der Waals surface area (Å²) >= 11 is 0. The van der Waals surface area contributed by atoms with Gasteiger partial charge in [-0.2, -0.15) is 0 Å². The third-order valence-corrected chi connectivity index (χ3v) is 3.98. The first-order valence-corrected chi connectivity index (χ1v) is 8.19. The molecule has 1 aromatic carbocycles. The zero-order valence-electron chi connectivity index (χ0n) is 13.8. The summed E-state index contributed by atoms with van der Waals surface area (Å²) in [5.41, 5.74) is 2.45. The minimum Gasteiger partial charge on any atom is -0.477 e. The van der Waals surface area contributed by atoms with Crippen molar-refractivity contribution in [3.63, 3.8) is 0 Å². The maximum atomic E-state index is 12.4. The molecule has 3 rings (SSSR count). The van der Waals surface area contributed by atoms with Gasteiger partial charge in [-0.15, -0.1) is 0 Å². The van der Waals surface area contributed by atoms with Gasteiger partial charge >= 0.3 is 0 Å². The zero-order chi connectivity index (χ0) is 16.8. The van der Waals surface area contributed by atoms with Gasteiger partial charge in [-0.25, -0.2) is 4.98 Å². The lowest BCUT2D eigenvalue weighted by atomic mass is 10.1. The molecule has 1 N–H and O–H groups in total. The van der Waals surface area contributed by atoms with E-state index in [1.54, 1.807) is 19.4 Å². The van der Waals surface area contributed by atoms with Gasteiger partial charge in [0.05, 0.1) is 13.2 Å². The molecule has 1 amide bonds. The number of rotatable bonds is 8. The van der Waals surface area contributed by atoms with Crippen molar-refractivity contribution < 1.29 is 14.3 Å². The minimum absolute atomic E-state index is 0.114. The van der Waals surface area contributed by atoms with Gasteiger partial charge in [0.15, 0.2) is 0 Å². The van der Waals surface area contributed by atoms with Crippen molar-refractivity contribution in [2.75, 3.05) is 13.7 Å². The topological polar surface area (TPSA) is 60.5 Å². The molecule has 5 nitrogen and oxygen atoms in total. The summed E-state index contributed by atoms with van der Waals surface area (Å²) in [5.74, 6) is 1.23. The van der Waals surface area contributed by atoms with Crippen molar-refractivity contribution in [2.24, 2.45) is 5.92 Å². The van der Waals surface area contributed by atoms with Crippen LogP contribution in [-0.4, -0.2) is 24.6 Å². The Morgan fingerprint density at radius 2 is 2.08 bits per heavy atom. The fraction of sp³-hybridized carbons (Fsp3) is 0.368. The van der Waals surface area contributed by atoms with Crippen LogP contribution in [0.1, 0.15) is 34.3 Å². The van der Waals surface area contributed by atoms with Crippen molar-refractivity contribution in [3.05, 3.63) is 59.3 Å². The van der Waals surface area contributed by atoms with Gasteiger partial charge in [-0.3, -0.25) is 4.79 Å². The Bertz CT molecular complexity index is 681. The molecule has 1 aromatic heterocycles. The Kier molecular flexibility index (Phi) is 5.43. The Morgan fingerprint density at radius 1 is 1.25 bits per heavy atom. The molecule has 0 radical (unpaired) electrons. The van der Waals surface area contributed by atoms with Crippen molar-refractivity contribution >= 4 is 5.91 Å².